The third-order valence-corrected chi connectivity index (χ3v) is 1.97. The molecule has 0 atom stereocenters. The molecule has 0 saturated carbocycles. The molecule has 6 nitrogen and oxygen atoms in total. The summed E-state index contributed by atoms with van der Waals surface area (Å²) in [6.07, 6.45) is 1.89. The molecule has 0 radical (unpaired) electrons. The van der Waals surface area contributed by atoms with Gasteiger partial charge in [0.05, 0.1) is 32.6 Å². The second kappa shape index (κ2) is 7.32. The molecule has 0 saturated heterocycles. The number of hydrogen-bond acceptors (Lipinski definition) is 5. The van der Waals surface area contributed by atoms with Gasteiger partial charge in [0, 0.05) is 12.6 Å². The third kappa shape index (κ3) is 4.69. The van der Waals surface area contributed by atoms with Gasteiger partial charge in [0.2, 0.25) is 0 Å². The van der Waals surface area contributed by atoms with Crippen molar-refractivity contribution < 1.29 is 9.47 Å². The van der Waals surface area contributed by atoms with E-state index >= 15 is 0 Å². The van der Waals surface area contributed by atoms with Crippen molar-refractivity contribution in [3.8, 4) is 0 Å². The maximum atomic E-state index is 5.38. The molecule has 2 N–H and O–H groups in total. The number of nitrogens with two attached hydrogens (primary N) is 1. The van der Waals surface area contributed by atoms with Gasteiger partial charge < -0.3 is 15.2 Å². The van der Waals surface area contributed by atoms with Crippen molar-refractivity contribution in [1.29, 1.82) is 0 Å². The molecule has 0 spiro atoms. The number of ether oxygens (including phenoxy) is 2. The zero-order valence-corrected chi connectivity index (χ0v) is 9.93. The molecule has 1 aromatic rings. The lowest BCUT2D eigenvalue weighted by Crippen LogP contribution is -2.12. The molecule has 0 bridgehead atoms. The van der Waals surface area contributed by atoms with Gasteiger partial charge in [-0.15, -0.1) is 5.10 Å². The molecule has 6 heteroatoms. The van der Waals surface area contributed by atoms with E-state index in [4.69, 9.17) is 15.2 Å². The highest BCUT2D eigenvalue weighted by atomic mass is 16.5. The molecule has 1 aromatic heterocycles. The SMILES string of the molecule is CC(C)n1cc(COCCOCCN)nn1. The summed E-state index contributed by atoms with van der Waals surface area (Å²) in [7, 11) is 0. The quantitative estimate of drug-likeness (QED) is 0.650. The van der Waals surface area contributed by atoms with Crippen molar-refractivity contribution >= 4 is 0 Å². The highest BCUT2D eigenvalue weighted by Crippen LogP contribution is 2.03. The van der Waals surface area contributed by atoms with E-state index in [-0.39, 0.29) is 0 Å². The van der Waals surface area contributed by atoms with E-state index in [0.29, 0.717) is 39.0 Å². The van der Waals surface area contributed by atoms with Crippen LogP contribution in [0.5, 0.6) is 0 Å². The van der Waals surface area contributed by atoms with Crippen LogP contribution in [0, 0.1) is 0 Å². The molecule has 0 aliphatic rings. The minimum atomic E-state index is 0.328. The van der Waals surface area contributed by atoms with Crippen molar-refractivity contribution in [3.63, 3.8) is 0 Å². The van der Waals surface area contributed by atoms with Crippen LogP contribution in [-0.2, 0) is 16.1 Å². The van der Waals surface area contributed by atoms with E-state index < -0.39 is 0 Å². The van der Waals surface area contributed by atoms with Gasteiger partial charge in [0.15, 0.2) is 0 Å². The van der Waals surface area contributed by atoms with Crippen LogP contribution in [-0.4, -0.2) is 41.4 Å². The average Bonchev–Trinajstić information content (AvgIpc) is 2.72. The lowest BCUT2D eigenvalue weighted by molar-refractivity contribution is 0.0422. The fourth-order valence-corrected chi connectivity index (χ4v) is 1.11. The summed E-state index contributed by atoms with van der Waals surface area (Å²) < 4.78 is 12.4. The van der Waals surface area contributed by atoms with E-state index in [1.165, 1.54) is 0 Å². The molecular formula is C10H20N4O2. The van der Waals surface area contributed by atoms with Crippen molar-refractivity contribution in [2.24, 2.45) is 5.73 Å². The number of aromatic nitrogens is 3. The van der Waals surface area contributed by atoms with E-state index in [1.807, 2.05) is 10.9 Å². The summed E-state index contributed by atoms with van der Waals surface area (Å²) in [4.78, 5) is 0. The molecule has 0 amide bonds. The average molecular weight is 228 g/mol. The predicted octanol–water partition coefficient (Wildman–Crippen LogP) is 0.351. The van der Waals surface area contributed by atoms with Crippen LogP contribution in [0.25, 0.3) is 0 Å². The summed E-state index contributed by atoms with van der Waals surface area (Å²) in [5.74, 6) is 0. The molecule has 0 aliphatic carbocycles. The molecule has 0 fully saturated rings. The second-order valence-corrected chi connectivity index (χ2v) is 3.74. The Morgan fingerprint density at radius 3 is 2.69 bits per heavy atom. The van der Waals surface area contributed by atoms with Crippen LogP contribution in [0.15, 0.2) is 6.20 Å². The van der Waals surface area contributed by atoms with Gasteiger partial charge in [-0.3, -0.25) is 0 Å². The lowest BCUT2D eigenvalue weighted by Gasteiger charge is -2.03. The predicted molar refractivity (Wildman–Crippen MR) is 59.9 cm³/mol. The van der Waals surface area contributed by atoms with Crippen LogP contribution in [0.4, 0.5) is 0 Å². The Hall–Kier alpha value is -0.980. The van der Waals surface area contributed by atoms with E-state index in [1.54, 1.807) is 0 Å². The minimum Gasteiger partial charge on any atom is -0.378 e. The first-order valence-electron chi connectivity index (χ1n) is 5.50. The fourth-order valence-electron chi connectivity index (χ4n) is 1.11. The fraction of sp³-hybridized carbons (Fsp3) is 0.800. The zero-order valence-electron chi connectivity index (χ0n) is 9.93. The topological polar surface area (TPSA) is 75.2 Å². The summed E-state index contributed by atoms with van der Waals surface area (Å²) >= 11 is 0. The highest BCUT2D eigenvalue weighted by Gasteiger charge is 2.03. The maximum Gasteiger partial charge on any atom is 0.108 e. The van der Waals surface area contributed by atoms with Gasteiger partial charge in [-0.25, -0.2) is 4.68 Å². The van der Waals surface area contributed by atoms with Crippen LogP contribution in [0.2, 0.25) is 0 Å². The van der Waals surface area contributed by atoms with Gasteiger partial charge in [-0.05, 0) is 13.8 Å². The van der Waals surface area contributed by atoms with Crippen LogP contribution in [0.3, 0.4) is 0 Å². The Morgan fingerprint density at radius 2 is 2.06 bits per heavy atom. The van der Waals surface area contributed by atoms with Crippen molar-refractivity contribution in [2.45, 2.75) is 26.5 Å². The highest BCUT2D eigenvalue weighted by molar-refractivity contribution is 4.90. The lowest BCUT2D eigenvalue weighted by atomic mass is 10.4. The Balaban J connectivity index is 2.12. The number of nitrogens with zero attached hydrogens (tertiary/aromatic N) is 3. The Bertz CT molecular complexity index is 288. The van der Waals surface area contributed by atoms with Gasteiger partial charge in [0.25, 0.3) is 0 Å². The molecular weight excluding hydrogens is 208 g/mol. The Labute approximate surface area is 95.7 Å². The van der Waals surface area contributed by atoms with Crippen LogP contribution in [0.1, 0.15) is 25.6 Å². The standard InChI is InChI=1S/C10H20N4O2/c1-9(2)14-7-10(12-13-14)8-16-6-5-15-4-3-11/h7,9H,3-6,8,11H2,1-2H3. The number of hydrogen-bond donors (Lipinski definition) is 1. The first-order chi connectivity index (χ1) is 7.74. The molecule has 0 aliphatic heterocycles. The van der Waals surface area contributed by atoms with E-state index in [9.17, 15) is 0 Å². The van der Waals surface area contributed by atoms with Gasteiger partial charge in [0.1, 0.15) is 5.69 Å². The summed E-state index contributed by atoms with van der Waals surface area (Å²) in [6.45, 7) is 6.82. The summed E-state index contributed by atoms with van der Waals surface area (Å²) in [5.41, 5.74) is 6.12. The molecule has 92 valence electrons. The number of rotatable bonds is 8. The Morgan fingerprint density at radius 1 is 1.31 bits per heavy atom. The zero-order chi connectivity index (χ0) is 11.8. The molecule has 0 aromatic carbocycles. The minimum absolute atomic E-state index is 0.328. The molecule has 1 rings (SSSR count). The van der Waals surface area contributed by atoms with E-state index in [2.05, 4.69) is 24.2 Å². The first kappa shape index (κ1) is 13.1. The van der Waals surface area contributed by atoms with Crippen molar-refractivity contribution in [1.82, 2.24) is 15.0 Å². The first-order valence-corrected chi connectivity index (χ1v) is 5.50. The largest absolute Gasteiger partial charge is 0.378 e. The monoisotopic (exact) mass is 228 g/mol. The van der Waals surface area contributed by atoms with Crippen molar-refractivity contribution in [2.75, 3.05) is 26.4 Å². The van der Waals surface area contributed by atoms with Crippen LogP contribution < -0.4 is 5.73 Å². The third-order valence-electron chi connectivity index (χ3n) is 1.97. The Kier molecular flexibility index (Phi) is 5.99. The van der Waals surface area contributed by atoms with Gasteiger partial charge >= 0.3 is 0 Å². The second-order valence-electron chi connectivity index (χ2n) is 3.74. The molecule has 0 unspecified atom stereocenters. The van der Waals surface area contributed by atoms with Gasteiger partial charge in [-0.2, -0.15) is 0 Å². The summed E-state index contributed by atoms with van der Waals surface area (Å²) in [5, 5.41) is 7.98. The van der Waals surface area contributed by atoms with Gasteiger partial charge in [-0.1, -0.05) is 5.21 Å². The molecule has 16 heavy (non-hydrogen) atoms. The van der Waals surface area contributed by atoms with Crippen LogP contribution >= 0.6 is 0 Å². The summed E-state index contributed by atoms with van der Waals surface area (Å²) in [6, 6.07) is 0.328. The van der Waals surface area contributed by atoms with Crippen molar-refractivity contribution in [3.05, 3.63) is 11.9 Å². The van der Waals surface area contributed by atoms with E-state index in [0.717, 1.165) is 5.69 Å². The molecule has 1 heterocycles. The maximum absolute atomic E-state index is 5.38. The normalized spacial score (nSPS) is 11.2. The smallest absolute Gasteiger partial charge is 0.108 e.